The molecule has 138 valence electrons. The Kier molecular flexibility index (Phi) is 6.25. The monoisotopic (exact) mass is 376 g/mol. The second-order valence-electron chi connectivity index (χ2n) is 6.51. The van der Waals surface area contributed by atoms with Crippen LogP contribution < -0.4 is 10.6 Å². The number of halogens is 2. The summed E-state index contributed by atoms with van der Waals surface area (Å²) in [7, 11) is 0. The van der Waals surface area contributed by atoms with Crippen molar-refractivity contribution >= 4 is 17.5 Å². The fourth-order valence-electron chi connectivity index (χ4n) is 3.03. The average Bonchev–Trinajstić information content (AvgIpc) is 2.62. The van der Waals surface area contributed by atoms with Crippen LogP contribution in [0.1, 0.15) is 29.2 Å². The maximum atomic E-state index is 13.4. The summed E-state index contributed by atoms with van der Waals surface area (Å²) in [6, 6.07) is 11.6. The third-order valence-corrected chi connectivity index (χ3v) is 4.75. The summed E-state index contributed by atoms with van der Waals surface area (Å²) < 4.78 is 18.8. The number of hydrogen-bond donors (Lipinski definition) is 2. The number of amides is 1. The van der Waals surface area contributed by atoms with Gasteiger partial charge in [0.05, 0.1) is 19.3 Å². The molecule has 3 rings (SSSR count). The minimum Gasteiger partial charge on any atom is -0.378 e. The number of benzene rings is 2. The van der Waals surface area contributed by atoms with Crippen LogP contribution in [0.3, 0.4) is 0 Å². The van der Waals surface area contributed by atoms with E-state index in [4.69, 9.17) is 16.3 Å². The Balaban J connectivity index is 1.82. The molecule has 1 heterocycles. The lowest BCUT2D eigenvalue weighted by molar-refractivity contribution is -0.122. The van der Waals surface area contributed by atoms with E-state index < -0.39 is 11.9 Å². The Bertz CT molecular complexity index is 761. The largest absolute Gasteiger partial charge is 0.378 e. The van der Waals surface area contributed by atoms with Gasteiger partial charge < -0.3 is 15.4 Å². The van der Waals surface area contributed by atoms with Gasteiger partial charge in [-0.05, 0) is 30.2 Å². The van der Waals surface area contributed by atoms with E-state index in [2.05, 4.69) is 10.6 Å². The molecule has 1 aliphatic rings. The first kappa shape index (κ1) is 18.8. The van der Waals surface area contributed by atoms with Gasteiger partial charge in [0.2, 0.25) is 5.91 Å². The third-order valence-electron chi connectivity index (χ3n) is 4.42. The van der Waals surface area contributed by atoms with Crippen LogP contribution in [0.25, 0.3) is 0 Å². The third kappa shape index (κ3) is 4.81. The lowest BCUT2D eigenvalue weighted by atomic mass is 9.97. The number of carbonyl (C=O) groups is 1. The highest BCUT2D eigenvalue weighted by Gasteiger charge is 2.23. The van der Waals surface area contributed by atoms with Gasteiger partial charge in [0.25, 0.3) is 0 Å². The minimum atomic E-state index is -0.444. The molecule has 2 unspecified atom stereocenters. The highest BCUT2D eigenvalue weighted by Crippen LogP contribution is 2.29. The topological polar surface area (TPSA) is 50.4 Å². The molecule has 0 spiro atoms. The van der Waals surface area contributed by atoms with E-state index in [1.807, 2.05) is 31.2 Å². The van der Waals surface area contributed by atoms with Gasteiger partial charge in [0, 0.05) is 24.0 Å². The van der Waals surface area contributed by atoms with Crippen LogP contribution in [0.4, 0.5) is 4.39 Å². The molecule has 0 aliphatic carbocycles. The molecule has 6 heteroatoms. The molecular formula is C20H22ClFN2O2. The first-order valence-corrected chi connectivity index (χ1v) is 9.03. The van der Waals surface area contributed by atoms with Crippen molar-refractivity contribution in [1.82, 2.24) is 10.6 Å². The van der Waals surface area contributed by atoms with Crippen molar-refractivity contribution in [3.63, 3.8) is 0 Å². The highest BCUT2D eigenvalue weighted by molar-refractivity contribution is 6.31. The Morgan fingerprint density at radius 3 is 2.77 bits per heavy atom. The first-order chi connectivity index (χ1) is 12.5. The summed E-state index contributed by atoms with van der Waals surface area (Å²) in [6.45, 7) is 3.91. The van der Waals surface area contributed by atoms with Crippen LogP contribution in [-0.2, 0) is 9.53 Å². The number of aryl methyl sites for hydroxylation is 1. The summed E-state index contributed by atoms with van der Waals surface area (Å²) in [4.78, 5) is 12.6. The number of ether oxygens (including phenoxy) is 1. The van der Waals surface area contributed by atoms with Crippen LogP contribution in [0, 0.1) is 12.7 Å². The molecule has 1 saturated heterocycles. The zero-order valence-corrected chi connectivity index (χ0v) is 15.4. The molecular weight excluding hydrogens is 355 g/mol. The van der Waals surface area contributed by atoms with Crippen molar-refractivity contribution in [3.8, 4) is 0 Å². The van der Waals surface area contributed by atoms with Crippen molar-refractivity contribution < 1.29 is 13.9 Å². The van der Waals surface area contributed by atoms with Gasteiger partial charge in [0.15, 0.2) is 0 Å². The molecule has 2 atom stereocenters. The average molecular weight is 377 g/mol. The summed E-state index contributed by atoms with van der Waals surface area (Å²) in [5.74, 6) is -0.518. The zero-order valence-electron chi connectivity index (χ0n) is 14.6. The van der Waals surface area contributed by atoms with Crippen molar-refractivity contribution in [2.24, 2.45) is 0 Å². The predicted molar refractivity (Wildman–Crippen MR) is 99.8 cm³/mol. The Hall–Kier alpha value is -1.95. The van der Waals surface area contributed by atoms with Crippen LogP contribution >= 0.6 is 11.6 Å². The Labute approximate surface area is 157 Å². The van der Waals surface area contributed by atoms with Crippen LogP contribution in [0.2, 0.25) is 5.02 Å². The quantitative estimate of drug-likeness (QED) is 0.841. The van der Waals surface area contributed by atoms with Crippen molar-refractivity contribution in [2.45, 2.75) is 25.4 Å². The second-order valence-corrected chi connectivity index (χ2v) is 6.91. The maximum absolute atomic E-state index is 13.4. The number of carbonyl (C=O) groups excluding carboxylic acids is 1. The van der Waals surface area contributed by atoms with Crippen molar-refractivity contribution in [2.75, 3.05) is 19.8 Å². The summed E-state index contributed by atoms with van der Waals surface area (Å²) >= 11 is 6.26. The Morgan fingerprint density at radius 1 is 1.35 bits per heavy atom. The standard InChI is InChI=1S/C20H22ClFN2O2/c1-13-2-4-14(5-3-13)20(17-7-6-15(22)10-18(17)21)24-19(25)11-16-12-26-9-8-23-16/h2-7,10,16,20,23H,8-9,11-12H2,1H3,(H,24,25). The summed E-state index contributed by atoms with van der Waals surface area (Å²) in [5, 5.41) is 6.59. The molecule has 0 radical (unpaired) electrons. The van der Waals surface area contributed by atoms with E-state index >= 15 is 0 Å². The highest BCUT2D eigenvalue weighted by atomic mass is 35.5. The van der Waals surface area contributed by atoms with E-state index in [0.29, 0.717) is 25.2 Å². The van der Waals surface area contributed by atoms with Gasteiger partial charge in [-0.3, -0.25) is 4.79 Å². The second kappa shape index (κ2) is 8.62. The molecule has 1 aliphatic heterocycles. The van der Waals surface area contributed by atoms with Crippen LogP contribution in [0.5, 0.6) is 0 Å². The van der Waals surface area contributed by atoms with Crippen molar-refractivity contribution in [1.29, 1.82) is 0 Å². The minimum absolute atomic E-state index is 0.00823. The maximum Gasteiger partial charge on any atom is 0.222 e. The number of nitrogens with one attached hydrogen (secondary N) is 2. The van der Waals surface area contributed by atoms with Gasteiger partial charge in [-0.15, -0.1) is 0 Å². The zero-order chi connectivity index (χ0) is 18.5. The van der Waals surface area contributed by atoms with E-state index in [1.165, 1.54) is 12.1 Å². The lowest BCUT2D eigenvalue weighted by Crippen LogP contribution is -2.44. The molecule has 1 amide bonds. The molecule has 2 aromatic carbocycles. The molecule has 1 fully saturated rings. The van der Waals surface area contributed by atoms with Gasteiger partial charge >= 0.3 is 0 Å². The fourth-order valence-corrected chi connectivity index (χ4v) is 3.31. The SMILES string of the molecule is Cc1ccc(C(NC(=O)CC2COCCN2)c2ccc(F)cc2Cl)cc1. The molecule has 0 aromatic heterocycles. The number of rotatable bonds is 5. The lowest BCUT2D eigenvalue weighted by Gasteiger charge is -2.25. The molecule has 26 heavy (non-hydrogen) atoms. The van der Waals surface area contributed by atoms with E-state index in [1.54, 1.807) is 6.07 Å². The van der Waals surface area contributed by atoms with Crippen LogP contribution in [0.15, 0.2) is 42.5 Å². The smallest absolute Gasteiger partial charge is 0.222 e. The molecule has 2 N–H and O–H groups in total. The van der Waals surface area contributed by atoms with E-state index in [-0.39, 0.29) is 17.0 Å². The van der Waals surface area contributed by atoms with E-state index in [0.717, 1.165) is 17.7 Å². The molecule has 0 bridgehead atoms. The van der Waals surface area contributed by atoms with Crippen molar-refractivity contribution in [3.05, 3.63) is 70.0 Å². The number of morpholine rings is 1. The fraction of sp³-hybridized carbons (Fsp3) is 0.350. The van der Waals surface area contributed by atoms with Gasteiger partial charge in [-0.25, -0.2) is 4.39 Å². The van der Waals surface area contributed by atoms with Gasteiger partial charge in [-0.2, -0.15) is 0 Å². The first-order valence-electron chi connectivity index (χ1n) is 8.65. The number of hydrogen-bond acceptors (Lipinski definition) is 3. The van der Waals surface area contributed by atoms with Gasteiger partial charge in [-0.1, -0.05) is 47.5 Å². The van der Waals surface area contributed by atoms with Gasteiger partial charge in [0.1, 0.15) is 5.82 Å². The summed E-state index contributed by atoms with van der Waals surface area (Å²) in [6.07, 6.45) is 0.307. The predicted octanol–water partition coefficient (Wildman–Crippen LogP) is 3.37. The Morgan fingerprint density at radius 2 is 2.12 bits per heavy atom. The van der Waals surface area contributed by atoms with E-state index in [9.17, 15) is 9.18 Å². The normalized spacial score (nSPS) is 18.3. The van der Waals surface area contributed by atoms with Crippen LogP contribution in [-0.4, -0.2) is 31.7 Å². The molecule has 0 saturated carbocycles. The molecule has 2 aromatic rings. The molecule has 4 nitrogen and oxygen atoms in total. The summed E-state index contributed by atoms with van der Waals surface area (Å²) in [5.41, 5.74) is 2.68.